The third-order valence-corrected chi connectivity index (χ3v) is 10.6. The Bertz CT molecular complexity index is 893. The van der Waals surface area contributed by atoms with Crippen LogP contribution in [0.1, 0.15) is 83.6 Å². The molecule has 180 valence electrons. The first kappa shape index (κ1) is 22.9. The van der Waals surface area contributed by atoms with Crippen molar-refractivity contribution >= 4 is 12.3 Å². The fourth-order valence-corrected chi connectivity index (χ4v) is 9.19. The lowest BCUT2D eigenvalue weighted by atomic mass is 9.41. The second-order valence-electron chi connectivity index (χ2n) is 12.4. The van der Waals surface area contributed by atoms with Crippen molar-refractivity contribution in [2.75, 3.05) is 6.61 Å². The molecule has 4 aliphatic carbocycles. The van der Waals surface area contributed by atoms with Crippen molar-refractivity contribution in [2.24, 2.45) is 39.9 Å². The Morgan fingerprint density at radius 1 is 1.06 bits per heavy atom. The number of hydrogen-bond donors (Lipinski definition) is 1. The lowest BCUT2D eigenvalue weighted by Crippen LogP contribution is -2.57. The van der Waals surface area contributed by atoms with Crippen LogP contribution < -0.4 is 0 Å². The highest BCUT2D eigenvalue weighted by molar-refractivity contribution is 5.69. The zero-order valence-electron chi connectivity index (χ0n) is 20.4. The van der Waals surface area contributed by atoms with E-state index in [-0.39, 0.29) is 17.1 Å². The third-order valence-electron chi connectivity index (χ3n) is 10.6. The fraction of sp³-hybridized carbons (Fsp3) is 0.724. The molecule has 4 saturated carbocycles. The van der Waals surface area contributed by atoms with Crippen LogP contribution in [-0.4, -0.2) is 24.0 Å². The summed E-state index contributed by atoms with van der Waals surface area (Å²) in [7, 11) is 0. The van der Waals surface area contributed by atoms with Gasteiger partial charge in [0.1, 0.15) is 12.0 Å². The Hall–Kier alpha value is -1.84. The first-order chi connectivity index (χ1) is 15.8. The van der Waals surface area contributed by atoms with Gasteiger partial charge in [0.15, 0.2) is 0 Å². The second kappa shape index (κ2) is 8.43. The van der Waals surface area contributed by atoms with Gasteiger partial charge in [0.2, 0.25) is 0 Å². The molecule has 0 aromatic heterocycles. The van der Waals surface area contributed by atoms with Gasteiger partial charge in [0.05, 0.1) is 6.61 Å². The van der Waals surface area contributed by atoms with Crippen molar-refractivity contribution in [2.45, 2.75) is 84.5 Å². The van der Waals surface area contributed by atoms with E-state index in [0.29, 0.717) is 48.0 Å². The average Bonchev–Trinajstić information content (AvgIpc) is 3.06. The Labute approximate surface area is 198 Å². The largest absolute Gasteiger partial charge is 0.508 e. The van der Waals surface area contributed by atoms with E-state index < -0.39 is 0 Å². The van der Waals surface area contributed by atoms with E-state index in [1.165, 1.54) is 51.2 Å². The number of aromatic hydroxyl groups is 1. The van der Waals surface area contributed by atoms with Crippen molar-refractivity contribution < 1.29 is 19.4 Å². The molecule has 33 heavy (non-hydrogen) atoms. The number of aryl methyl sites for hydroxylation is 1. The molecule has 4 fully saturated rings. The van der Waals surface area contributed by atoms with E-state index in [1.54, 1.807) is 12.1 Å². The normalized spacial score (nSPS) is 41.6. The smallest absolute Gasteiger partial charge is 0.306 e. The highest BCUT2D eigenvalue weighted by Crippen LogP contribution is 2.72. The summed E-state index contributed by atoms with van der Waals surface area (Å²) in [6.07, 6.45) is 13.3. The molecular weight excluding hydrogens is 412 g/mol. The van der Waals surface area contributed by atoms with Crippen LogP contribution in [0, 0.1) is 39.9 Å². The zero-order valence-corrected chi connectivity index (χ0v) is 20.4. The summed E-state index contributed by atoms with van der Waals surface area (Å²) in [4.78, 5) is 24.3. The minimum Gasteiger partial charge on any atom is -0.508 e. The van der Waals surface area contributed by atoms with Crippen LogP contribution in [0.2, 0.25) is 0 Å². The van der Waals surface area contributed by atoms with E-state index in [9.17, 15) is 14.7 Å². The summed E-state index contributed by atoms with van der Waals surface area (Å²) in [6, 6.07) is 7.05. The molecule has 0 heterocycles. The molecule has 0 saturated heterocycles. The first-order valence-corrected chi connectivity index (χ1v) is 13.2. The molecule has 4 nitrogen and oxygen atoms in total. The lowest BCUT2D eigenvalue weighted by Gasteiger charge is -2.64. The summed E-state index contributed by atoms with van der Waals surface area (Å²) in [5.74, 6) is 2.36. The Balaban J connectivity index is 1.25. The van der Waals surface area contributed by atoms with E-state index in [1.807, 2.05) is 12.1 Å². The molecule has 4 heteroatoms. The van der Waals surface area contributed by atoms with Crippen molar-refractivity contribution in [3.8, 4) is 5.75 Å². The van der Waals surface area contributed by atoms with Crippen LogP contribution in [0.4, 0.5) is 0 Å². The highest BCUT2D eigenvalue weighted by atomic mass is 16.5. The van der Waals surface area contributed by atoms with Gasteiger partial charge in [-0.1, -0.05) is 32.4 Å². The Morgan fingerprint density at radius 2 is 1.85 bits per heavy atom. The number of benzene rings is 1. The number of esters is 1. The van der Waals surface area contributed by atoms with Crippen LogP contribution in [0.15, 0.2) is 24.3 Å². The molecule has 7 atom stereocenters. The molecule has 2 bridgehead atoms. The van der Waals surface area contributed by atoms with E-state index >= 15 is 0 Å². The van der Waals surface area contributed by atoms with Crippen molar-refractivity contribution in [1.82, 2.24) is 0 Å². The molecule has 1 N–H and O–H groups in total. The minimum atomic E-state index is -0.117. The van der Waals surface area contributed by atoms with Gasteiger partial charge in [0.25, 0.3) is 0 Å². The van der Waals surface area contributed by atoms with Crippen LogP contribution >= 0.6 is 0 Å². The van der Waals surface area contributed by atoms with Crippen LogP contribution in [0.25, 0.3) is 0 Å². The minimum absolute atomic E-state index is 0.0440. The highest BCUT2D eigenvalue weighted by Gasteiger charge is 2.64. The number of fused-ring (bicyclic) bond motifs is 3. The number of hydrogen-bond acceptors (Lipinski definition) is 4. The van der Waals surface area contributed by atoms with E-state index in [0.717, 1.165) is 24.3 Å². The number of ether oxygens (including phenoxy) is 1. The summed E-state index contributed by atoms with van der Waals surface area (Å²) >= 11 is 0. The Morgan fingerprint density at radius 3 is 2.61 bits per heavy atom. The van der Waals surface area contributed by atoms with E-state index in [2.05, 4.69) is 13.8 Å². The molecular formula is C29H40O4. The topological polar surface area (TPSA) is 63.6 Å². The number of carbonyl (C=O) groups is 2. The van der Waals surface area contributed by atoms with Gasteiger partial charge in [-0.25, -0.2) is 0 Å². The molecule has 1 spiro atoms. The lowest BCUT2D eigenvalue weighted by molar-refractivity contribution is -0.174. The summed E-state index contributed by atoms with van der Waals surface area (Å²) < 4.78 is 5.92. The maximum absolute atomic E-state index is 12.6. The number of rotatable bonds is 6. The fourth-order valence-electron chi connectivity index (χ4n) is 9.19. The molecule has 0 radical (unpaired) electrons. The number of phenols is 1. The quantitative estimate of drug-likeness (QED) is 0.419. The third kappa shape index (κ3) is 3.91. The summed E-state index contributed by atoms with van der Waals surface area (Å²) in [5, 5.41) is 9.43. The second-order valence-corrected chi connectivity index (χ2v) is 12.4. The predicted molar refractivity (Wildman–Crippen MR) is 128 cm³/mol. The van der Waals surface area contributed by atoms with Gasteiger partial charge in [-0.2, -0.15) is 0 Å². The SMILES string of the molecule is C[C@@]1(COC(=O)CCc2ccc(O)cc2)CCC[C@]2(C)[C@@H]1CC[C@@]13C[C@@H](CC[C@H]12)[C@H](C=O)C3. The molecule has 5 rings (SSSR count). The van der Waals surface area contributed by atoms with Gasteiger partial charge in [-0.05, 0) is 104 Å². The summed E-state index contributed by atoms with van der Waals surface area (Å²) in [5.41, 5.74) is 1.77. The number of carbonyl (C=O) groups excluding carboxylic acids is 2. The number of phenolic OH excluding ortho intramolecular Hbond substituents is 1. The molecule has 0 unspecified atom stereocenters. The summed E-state index contributed by atoms with van der Waals surface area (Å²) in [6.45, 7) is 5.44. The molecule has 0 amide bonds. The molecule has 4 aliphatic rings. The predicted octanol–water partition coefficient (Wildman–Crippen LogP) is 6.10. The maximum atomic E-state index is 12.6. The Kier molecular flexibility index (Phi) is 5.86. The molecule has 1 aromatic rings. The van der Waals surface area contributed by atoms with Crippen LogP contribution in [0.3, 0.4) is 0 Å². The van der Waals surface area contributed by atoms with Crippen molar-refractivity contribution in [3.63, 3.8) is 0 Å². The van der Waals surface area contributed by atoms with Crippen LogP contribution in [-0.2, 0) is 20.7 Å². The van der Waals surface area contributed by atoms with Gasteiger partial charge < -0.3 is 14.6 Å². The van der Waals surface area contributed by atoms with Gasteiger partial charge >= 0.3 is 5.97 Å². The zero-order chi connectivity index (χ0) is 23.3. The first-order valence-electron chi connectivity index (χ1n) is 13.2. The monoisotopic (exact) mass is 452 g/mol. The standard InChI is InChI=1S/C29H40O4/c1-27(19-33-26(32)11-6-20-4-8-23(31)9-5-20)13-3-14-28(2)24(27)12-15-29-16-21(7-10-25(28)29)22(17-29)18-30/h4-5,8-9,18,21-22,24-25,31H,3,6-7,10-17,19H2,1-2H3/t21-,22+,24-,25+,27+,28-,29+/m1/s1. The molecule has 1 aromatic carbocycles. The molecule has 0 aliphatic heterocycles. The van der Waals surface area contributed by atoms with Gasteiger partial charge in [-0.3, -0.25) is 4.79 Å². The van der Waals surface area contributed by atoms with Crippen molar-refractivity contribution in [3.05, 3.63) is 29.8 Å². The van der Waals surface area contributed by atoms with Gasteiger partial charge in [0, 0.05) is 17.8 Å². The van der Waals surface area contributed by atoms with Crippen LogP contribution in [0.5, 0.6) is 5.75 Å². The van der Waals surface area contributed by atoms with Crippen molar-refractivity contribution in [1.29, 1.82) is 0 Å². The number of aldehydes is 1. The van der Waals surface area contributed by atoms with Gasteiger partial charge in [-0.15, -0.1) is 0 Å². The maximum Gasteiger partial charge on any atom is 0.306 e. The van der Waals surface area contributed by atoms with E-state index in [4.69, 9.17) is 4.74 Å². The average molecular weight is 453 g/mol.